The first-order valence-electron chi connectivity index (χ1n) is 7.10. The van der Waals surface area contributed by atoms with Gasteiger partial charge in [-0.15, -0.1) is 0 Å². The number of aryl methyl sites for hydroxylation is 1. The van der Waals surface area contributed by atoms with Crippen LogP contribution in [0.4, 0.5) is 5.69 Å². The van der Waals surface area contributed by atoms with Crippen molar-refractivity contribution in [2.45, 2.75) is 6.92 Å². The van der Waals surface area contributed by atoms with Crippen LogP contribution in [0.25, 0.3) is 10.9 Å². The van der Waals surface area contributed by atoms with Gasteiger partial charge in [0.05, 0.1) is 29.1 Å². The minimum Gasteiger partial charge on any atom is -0.494 e. The molecule has 0 atom stereocenters. The molecule has 23 heavy (non-hydrogen) atoms. The van der Waals surface area contributed by atoms with Crippen LogP contribution < -0.4 is 10.1 Å². The standard InChI is InChI=1S/C18H15ClN2O2/c1-11-13(18(22)21-15-8-4-3-7-14(15)19)10-12-6-5-9-16(23-2)17(12)20-11/h3-10H,1-2H3,(H,21,22). The van der Waals surface area contributed by atoms with Gasteiger partial charge in [0.1, 0.15) is 11.3 Å². The van der Waals surface area contributed by atoms with Crippen LogP contribution in [0.3, 0.4) is 0 Å². The zero-order valence-corrected chi connectivity index (χ0v) is 13.5. The number of benzene rings is 2. The molecule has 1 aromatic heterocycles. The first-order chi connectivity index (χ1) is 11.1. The lowest BCUT2D eigenvalue weighted by Gasteiger charge is -2.11. The molecule has 0 aliphatic carbocycles. The van der Waals surface area contributed by atoms with E-state index in [0.717, 1.165) is 10.9 Å². The first-order valence-corrected chi connectivity index (χ1v) is 7.48. The van der Waals surface area contributed by atoms with Gasteiger partial charge in [-0.05, 0) is 31.2 Å². The summed E-state index contributed by atoms with van der Waals surface area (Å²) < 4.78 is 5.31. The second kappa shape index (κ2) is 6.26. The topological polar surface area (TPSA) is 51.2 Å². The van der Waals surface area contributed by atoms with Gasteiger partial charge < -0.3 is 10.1 Å². The number of fused-ring (bicyclic) bond motifs is 1. The first kappa shape index (κ1) is 15.3. The maximum absolute atomic E-state index is 12.5. The van der Waals surface area contributed by atoms with Crippen LogP contribution in [0.5, 0.6) is 5.75 Å². The van der Waals surface area contributed by atoms with E-state index in [-0.39, 0.29) is 5.91 Å². The average Bonchev–Trinajstić information content (AvgIpc) is 2.55. The molecule has 5 heteroatoms. The van der Waals surface area contributed by atoms with Gasteiger partial charge in [0.2, 0.25) is 0 Å². The summed E-state index contributed by atoms with van der Waals surface area (Å²) in [6.45, 7) is 1.80. The predicted octanol–water partition coefficient (Wildman–Crippen LogP) is 4.46. The lowest BCUT2D eigenvalue weighted by molar-refractivity contribution is 0.102. The Kier molecular flexibility index (Phi) is 4.17. The fourth-order valence-corrected chi connectivity index (χ4v) is 2.59. The third-order valence-corrected chi connectivity index (χ3v) is 3.92. The highest BCUT2D eigenvalue weighted by Crippen LogP contribution is 2.26. The van der Waals surface area contributed by atoms with E-state index in [1.807, 2.05) is 36.4 Å². The lowest BCUT2D eigenvalue weighted by atomic mass is 10.1. The molecule has 1 amide bonds. The van der Waals surface area contributed by atoms with E-state index in [9.17, 15) is 4.79 Å². The van der Waals surface area contributed by atoms with E-state index in [0.29, 0.717) is 27.7 Å². The van der Waals surface area contributed by atoms with Gasteiger partial charge in [0, 0.05) is 5.39 Å². The minimum atomic E-state index is -0.243. The van der Waals surface area contributed by atoms with E-state index in [1.54, 1.807) is 26.2 Å². The third kappa shape index (κ3) is 2.98. The second-order valence-electron chi connectivity index (χ2n) is 5.09. The minimum absolute atomic E-state index is 0.243. The summed E-state index contributed by atoms with van der Waals surface area (Å²) in [6, 6.07) is 14.5. The maximum Gasteiger partial charge on any atom is 0.257 e. The second-order valence-corrected chi connectivity index (χ2v) is 5.49. The summed E-state index contributed by atoms with van der Waals surface area (Å²) >= 11 is 6.08. The molecular formula is C18H15ClN2O2. The number of carbonyl (C=O) groups is 1. The zero-order chi connectivity index (χ0) is 16.4. The smallest absolute Gasteiger partial charge is 0.257 e. The zero-order valence-electron chi connectivity index (χ0n) is 12.8. The molecule has 116 valence electrons. The van der Waals surface area contributed by atoms with E-state index < -0.39 is 0 Å². The van der Waals surface area contributed by atoms with Crippen molar-refractivity contribution in [1.29, 1.82) is 0 Å². The van der Waals surface area contributed by atoms with E-state index in [1.165, 1.54) is 0 Å². The number of carbonyl (C=O) groups excluding carboxylic acids is 1. The monoisotopic (exact) mass is 326 g/mol. The van der Waals surface area contributed by atoms with Crippen LogP contribution in [0.2, 0.25) is 5.02 Å². The Morgan fingerprint density at radius 1 is 1.17 bits per heavy atom. The van der Waals surface area contributed by atoms with Crippen LogP contribution in [-0.2, 0) is 0 Å². The summed E-state index contributed by atoms with van der Waals surface area (Å²) in [5, 5.41) is 4.16. The number of methoxy groups -OCH3 is 1. The maximum atomic E-state index is 12.5. The number of halogens is 1. The number of nitrogens with zero attached hydrogens (tertiary/aromatic N) is 1. The van der Waals surface area contributed by atoms with Crippen molar-refractivity contribution in [3.63, 3.8) is 0 Å². The molecule has 0 spiro atoms. The Bertz CT molecular complexity index is 893. The highest BCUT2D eigenvalue weighted by atomic mass is 35.5. The van der Waals surface area contributed by atoms with Crippen molar-refractivity contribution in [3.8, 4) is 5.75 Å². The van der Waals surface area contributed by atoms with Crippen LogP contribution in [0.15, 0.2) is 48.5 Å². The molecule has 0 fully saturated rings. The molecule has 0 saturated heterocycles. The largest absolute Gasteiger partial charge is 0.494 e. The number of anilines is 1. The van der Waals surface area contributed by atoms with Crippen molar-refractivity contribution in [2.24, 2.45) is 0 Å². The molecule has 0 aliphatic rings. The molecule has 3 rings (SSSR count). The van der Waals surface area contributed by atoms with Crippen molar-refractivity contribution >= 4 is 34.1 Å². The number of nitrogens with one attached hydrogen (secondary N) is 1. The Labute approximate surface area is 139 Å². The number of ether oxygens (including phenoxy) is 1. The molecule has 0 saturated carbocycles. The number of hydrogen-bond acceptors (Lipinski definition) is 3. The molecule has 1 N–H and O–H groups in total. The number of aromatic nitrogens is 1. The predicted molar refractivity (Wildman–Crippen MR) is 92.4 cm³/mol. The van der Waals surface area contributed by atoms with Crippen LogP contribution >= 0.6 is 11.6 Å². The van der Waals surface area contributed by atoms with Crippen molar-refractivity contribution in [2.75, 3.05) is 12.4 Å². The molecule has 0 aliphatic heterocycles. The number of para-hydroxylation sites is 2. The van der Waals surface area contributed by atoms with Gasteiger partial charge >= 0.3 is 0 Å². The van der Waals surface area contributed by atoms with Gasteiger partial charge in [-0.2, -0.15) is 0 Å². The van der Waals surface area contributed by atoms with Gasteiger partial charge in [-0.3, -0.25) is 4.79 Å². The molecule has 0 unspecified atom stereocenters. The highest BCUT2D eigenvalue weighted by molar-refractivity contribution is 6.33. The number of hydrogen-bond donors (Lipinski definition) is 1. The number of amides is 1. The van der Waals surface area contributed by atoms with Crippen molar-refractivity contribution in [3.05, 3.63) is 64.8 Å². The molecule has 2 aromatic carbocycles. The Morgan fingerprint density at radius 3 is 2.70 bits per heavy atom. The third-order valence-electron chi connectivity index (χ3n) is 3.59. The van der Waals surface area contributed by atoms with Crippen molar-refractivity contribution in [1.82, 2.24) is 4.98 Å². The molecule has 4 nitrogen and oxygen atoms in total. The van der Waals surface area contributed by atoms with E-state index in [2.05, 4.69) is 10.3 Å². The summed E-state index contributed by atoms with van der Waals surface area (Å²) in [4.78, 5) is 17.1. The van der Waals surface area contributed by atoms with E-state index >= 15 is 0 Å². The summed E-state index contributed by atoms with van der Waals surface area (Å²) in [5.41, 5.74) is 2.45. The fraction of sp³-hybridized carbons (Fsp3) is 0.111. The molecule has 1 heterocycles. The number of pyridine rings is 1. The average molecular weight is 327 g/mol. The highest BCUT2D eigenvalue weighted by Gasteiger charge is 2.14. The Hall–Kier alpha value is -2.59. The van der Waals surface area contributed by atoms with Crippen LogP contribution in [0, 0.1) is 6.92 Å². The Morgan fingerprint density at radius 2 is 1.96 bits per heavy atom. The van der Waals surface area contributed by atoms with Crippen LogP contribution in [-0.4, -0.2) is 18.0 Å². The summed E-state index contributed by atoms with van der Waals surface area (Å²) in [5.74, 6) is 0.441. The molecular weight excluding hydrogens is 312 g/mol. The summed E-state index contributed by atoms with van der Waals surface area (Å²) in [6.07, 6.45) is 0. The van der Waals surface area contributed by atoms with Crippen LogP contribution in [0.1, 0.15) is 16.1 Å². The lowest BCUT2D eigenvalue weighted by Crippen LogP contribution is -2.14. The Balaban J connectivity index is 2.01. The molecule has 3 aromatic rings. The normalized spacial score (nSPS) is 10.6. The van der Waals surface area contributed by atoms with Gasteiger partial charge in [0.25, 0.3) is 5.91 Å². The quantitative estimate of drug-likeness (QED) is 0.773. The fourth-order valence-electron chi connectivity index (χ4n) is 2.41. The SMILES string of the molecule is COc1cccc2cc(C(=O)Nc3ccccc3Cl)c(C)nc12. The molecule has 0 bridgehead atoms. The van der Waals surface area contributed by atoms with Gasteiger partial charge in [-0.25, -0.2) is 4.98 Å². The van der Waals surface area contributed by atoms with Gasteiger partial charge in [-0.1, -0.05) is 35.9 Å². The van der Waals surface area contributed by atoms with E-state index in [4.69, 9.17) is 16.3 Å². The van der Waals surface area contributed by atoms with Gasteiger partial charge in [0.15, 0.2) is 0 Å². The molecule has 0 radical (unpaired) electrons. The summed E-state index contributed by atoms with van der Waals surface area (Å²) in [7, 11) is 1.60. The van der Waals surface area contributed by atoms with Crippen molar-refractivity contribution < 1.29 is 9.53 Å². The number of rotatable bonds is 3.